The lowest BCUT2D eigenvalue weighted by Gasteiger charge is -2.27. The maximum atomic E-state index is 13.2. The molecule has 1 aromatic heterocycles. The fraction of sp³-hybridized carbons (Fsp3) is 0.478. The van der Waals surface area contributed by atoms with E-state index in [0.29, 0.717) is 6.42 Å². The van der Waals surface area contributed by atoms with Crippen LogP contribution in [0.4, 0.5) is 0 Å². The van der Waals surface area contributed by atoms with Gasteiger partial charge in [-0.1, -0.05) is 38.5 Å². The van der Waals surface area contributed by atoms with Crippen molar-refractivity contribution in [2.75, 3.05) is 5.75 Å². The van der Waals surface area contributed by atoms with E-state index in [2.05, 4.69) is 33.6 Å². The third-order valence-electron chi connectivity index (χ3n) is 5.74. The van der Waals surface area contributed by atoms with E-state index in [0.717, 1.165) is 16.5 Å². The number of fused-ring (bicyclic) bond motifs is 1. The second-order valence-electron chi connectivity index (χ2n) is 8.37. The average molecular weight is 492 g/mol. The van der Waals surface area contributed by atoms with Gasteiger partial charge in [0.1, 0.15) is 18.1 Å². The molecule has 10 nitrogen and oxygen atoms in total. The van der Waals surface area contributed by atoms with Gasteiger partial charge in [0.15, 0.2) is 0 Å². The SMILES string of the molecule is CCC(C)C(NC(=O)C(C)N)C(=O)NC(Cc1c[nH]c2ccccc12)C(=O)NC(CS)C(=O)O. The first-order valence-corrected chi connectivity index (χ1v) is 11.8. The van der Waals surface area contributed by atoms with Gasteiger partial charge in [-0.2, -0.15) is 12.6 Å². The van der Waals surface area contributed by atoms with Crippen LogP contribution < -0.4 is 21.7 Å². The highest BCUT2D eigenvalue weighted by atomic mass is 32.1. The van der Waals surface area contributed by atoms with Crippen LogP contribution in [0.3, 0.4) is 0 Å². The third kappa shape index (κ3) is 6.97. The molecule has 2 aromatic rings. The molecule has 0 saturated carbocycles. The molecule has 0 bridgehead atoms. The summed E-state index contributed by atoms with van der Waals surface area (Å²) in [4.78, 5) is 53.0. The molecule has 0 saturated heterocycles. The molecular formula is C23H33N5O5S. The van der Waals surface area contributed by atoms with Crippen molar-refractivity contribution in [3.63, 3.8) is 0 Å². The normalized spacial score (nSPS) is 15.6. The Bertz CT molecular complexity index is 1020. The highest BCUT2D eigenvalue weighted by Gasteiger charge is 2.32. The predicted octanol–water partition coefficient (Wildman–Crippen LogP) is 0.573. The summed E-state index contributed by atoms with van der Waals surface area (Å²) in [5.74, 6) is -3.29. The number of rotatable bonds is 12. The van der Waals surface area contributed by atoms with Gasteiger partial charge in [-0.25, -0.2) is 4.79 Å². The summed E-state index contributed by atoms with van der Waals surface area (Å²) in [6.07, 6.45) is 2.45. The number of carboxylic acids is 1. The zero-order valence-electron chi connectivity index (χ0n) is 19.5. The molecule has 0 spiro atoms. The van der Waals surface area contributed by atoms with Crippen molar-refractivity contribution in [3.05, 3.63) is 36.0 Å². The van der Waals surface area contributed by atoms with E-state index >= 15 is 0 Å². The van der Waals surface area contributed by atoms with Crippen LogP contribution in [0.5, 0.6) is 0 Å². The number of nitrogens with one attached hydrogen (secondary N) is 4. The van der Waals surface area contributed by atoms with Gasteiger partial charge in [-0.05, 0) is 24.5 Å². The van der Waals surface area contributed by atoms with Crippen LogP contribution in [-0.4, -0.2) is 63.7 Å². The minimum atomic E-state index is -1.23. The van der Waals surface area contributed by atoms with Crippen molar-refractivity contribution < 1.29 is 24.3 Å². The van der Waals surface area contributed by atoms with Crippen LogP contribution in [0.1, 0.15) is 32.8 Å². The number of hydrogen-bond donors (Lipinski definition) is 7. The van der Waals surface area contributed by atoms with E-state index in [1.54, 1.807) is 6.20 Å². The third-order valence-corrected chi connectivity index (χ3v) is 6.10. The summed E-state index contributed by atoms with van der Waals surface area (Å²) in [5, 5.41) is 18.0. The number of para-hydroxylation sites is 1. The lowest BCUT2D eigenvalue weighted by atomic mass is 9.96. The first-order chi connectivity index (χ1) is 16.1. The zero-order valence-corrected chi connectivity index (χ0v) is 20.4. The molecule has 3 amide bonds. The van der Waals surface area contributed by atoms with Crippen LogP contribution in [0.2, 0.25) is 0 Å². The molecule has 0 fully saturated rings. The first kappa shape index (κ1) is 27.2. The van der Waals surface area contributed by atoms with E-state index in [4.69, 9.17) is 5.73 Å². The number of benzene rings is 1. The number of nitrogens with two attached hydrogens (primary N) is 1. The zero-order chi connectivity index (χ0) is 25.4. The molecule has 186 valence electrons. The molecule has 5 unspecified atom stereocenters. The summed E-state index contributed by atoms with van der Waals surface area (Å²) in [6, 6.07) is 3.47. The van der Waals surface area contributed by atoms with E-state index in [1.165, 1.54) is 6.92 Å². The van der Waals surface area contributed by atoms with Crippen LogP contribution in [0.25, 0.3) is 10.9 Å². The van der Waals surface area contributed by atoms with Crippen LogP contribution in [-0.2, 0) is 25.6 Å². The smallest absolute Gasteiger partial charge is 0.327 e. The predicted molar refractivity (Wildman–Crippen MR) is 132 cm³/mol. The number of aromatic nitrogens is 1. The maximum absolute atomic E-state index is 13.2. The summed E-state index contributed by atoms with van der Waals surface area (Å²) >= 11 is 3.99. The number of hydrogen-bond acceptors (Lipinski definition) is 6. The second-order valence-corrected chi connectivity index (χ2v) is 8.73. The highest BCUT2D eigenvalue weighted by Crippen LogP contribution is 2.19. The Morgan fingerprint density at radius 2 is 1.68 bits per heavy atom. The molecule has 2 rings (SSSR count). The van der Waals surface area contributed by atoms with Crippen LogP contribution >= 0.6 is 12.6 Å². The van der Waals surface area contributed by atoms with Gasteiger partial charge in [-0.3, -0.25) is 14.4 Å². The van der Waals surface area contributed by atoms with Gasteiger partial charge in [0, 0.05) is 29.3 Å². The Hall–Kier alpha value is -3.05. The molecule has 0 aliphatic heterocycles. The maximum Gasteiger partial charge on any atom is 0.327 e. The van der Waals surface area contributed by atoms with Crippen molar-refractivity contribution >= 4 is 47.2 Å². The van der Waals surface area contributed by atoms with Gasteiger partial charge in [0.2, 0.25) is 17.7 Å². The van der Waals surface area contributed by atoms with E-state index in [9.17, 15) is 24.3 Å². The fourth-order valence-corrected chi connectivity index (χ4v) is 3.68. The number of amides is 3. The molecule has 34 heavy (non-hydrogen) atoms. The van der Waals surface area contributed by atoms with E-state index < -0.39 is 47.9 Å². The number of carbonyl (C=O) groups is 4. The monoisotopic (exact) mass is 491 g/mol. The average Bonchev–Trinajstić information content (AvgIpc) is 3.22. The highest BCUT2D eigenvalue weighted by molar-refractivity contribution is 7.80. The number of carboxylic acid groups (broad SMARTS) is 1. The molecular weight excluding hydrogens is 458 g/mol. The summed E-state index contributed by atoms with van der Waals surface area (Å²) < 4.78 is 0. The second kappa shape index (κ2) is 12.4. The first-order valence-electron chi connectivity index (χ1n) is 11.1. The van der Waals surface area contributed by atoms with Crippen molar-refractivity contribution in [1.29, 1.82) is 0 Å². The van der Waals surface area contributed by atoms with Crippen LogP contribution in [0, 0.1) is 5.92 Å². The van der Waals surface area contributed by atoms with Gasteiger partial charge < -0.3 is 31.8 Å². The molecule has 0 radical (unpaired) electrons. The summed E-state index contributed by atoms with van der Waals surface area (Å²) in [5.41, 5.74) is 7.28. The van der Waals surface area contributed by atoms with Gasteiger partial charge in [0.25, 0.3) is 0 Å². The van der Waals surface area contributed by atoms with Crippen molar-refractivity contribution in [1.82, 2.24) is 20.9 Å². The van der Waals surface area contributed by atoms with Crippen molar-refractivity contribution in [2.45, 2.75) is 57.8 Å². The van der Waals surface area contributed by atoms with Crippen molar-refractivity contribution in [2.24, 2.45) is 11.7 Å². The van der Waals surface area contributed by atoms with Gasteiger partial charge in [-0.15, -0.1) is 0 Å². The minimum Gasteiger partial charge on any atom is -0.480 e. The number of carbonyl (C=O) groups excluding carboxylic acids is 3. The topological polar surface area (TPSA) is 166 Å². The number of thiol groups is 1. The van der Waals surface area contributed by atoms with Gasteiger partial charge in [0.05, 0.1) is 6.04 Å². The number of aromatic amines is 1. The molecule has 0 aliphatic rings. The molecule has 11 heteroatoms. The summed E-state index contributed by atoms with van der Waals surface area (Å²) in [6.45, 7) is 5.20. The summed E-state index contributed by atoms with van der Waals surface area (Å²) in [7, 11) is 0. The largest absolute Gasteiger partial charge is 0.480 e. The Balaban J connectivity index is 2.33. The number of H-pyrrole nitrogens is 1. The lowest BCUT2D eigenvalue weighted by molar-refractivity contribution is -0.141. The molecule has 7 N–H and O–H groups in total. The quantitative estimate of drug-likeness (QED) is 0.214. The Morgan fingerprint density at radius 3 is 2.26 bits per heavy atom. The molecule has 0 aliphatic carbocycles. The van der Waals surface area contributed by atoms with Crippen LogP contribution in [0.15, 0.2) is 30.5 Å². The molecule has 1 heterocycles. The molecule has 5 atom stereocenters. The lowest BCUT2D eigenvalue weighted by Crippen LogP contribution is -2.59. The Kier molecular flexibility index (Phi) is 9.94. The Morgan fingerprint density at radius 1 is 1.03 bits per heavy atom. The van der Waals surface area contributed by atoms with Gasteiger partial charge >= 0.3 is 5.97 Å². The van der Waals surface area contributed by atoms with E-state index in [1.807, 2.05) is 38.1 Å². The fourth-order valence-electron chi connectivity index (χ4n) is 3.44. The molecule has 1 aromatic carbocycles. The standard InChI is InChI=1S/C23H33N5O5S/c1-4-12(2)19(28-20(29)13(3)24)22(31)26-17(21(30)27-18(11-34)23(32)33)9-14-10-25-16-8-6-5-7-15(14)16/h5-8,10,12-13,17-19,25,34H,4,9,11,24H2,1-3H3,(H,26,31)(H,27,30)(H,28,29)(H,32,33). The van der Waals surface area contributed by atoms with E-state index in [-0.39, 0.29) is 18.1 Å². The van der Waals surface area contributed by atoms with Crippen molar-refractivity contribution in [3.8, 4) is 0 Å². The minimum absolute atomic E-state index is 0.106. The number of aliphatic carboxylic acids is 1. The Labute approximate surface area is 203 Å².